The Kier molecular flexibility index (Phi) is 6.80. The van der Waals surface area contributed by atoms with Crippen LogP contribution in [0.5, 0.6) is 0 Å². The molecular formula is C25H28ClFN4O. The molecule has 2 aromatic carbocycles. The van der Waals surface area contributed by atoms with Crippen LogP contribution in [0.4, 0.5) is 15.9 Å². The molecule has 32 heavy (non-hydrogen) atoms. The van der Waals surface area contributed by atoms with Gasteiger partial charge >= 0.3 is 0 Å². The summed E-state index contributed by atoms with van der Waals surface area (Å²) in [4.78, 5) is 19.3. The van der Waals surface area contributed by atoms with Gasteiger partial charge in [-0.05, 0) is 49.8 Å². The standard InChI is InChI=1S/C25H28ClFN4O/c1-31(2)22-14-23(30-21-9-4-3-6-18(21)22)29-17-12-10-16(11-13-17)15-28-25(32)24-19(26)7-5-8-20(24)27/h3-9,14,16-17H,10-13,15H2,1-2H3,(H,28,32)(H,29,30). The first-order chi connectivity index (χ1) is 15.4. The van der Waals surface area contributed by atoms with E-state index in [9.17, 15) is 9.18 Å². The summed E-state index contributed by atoms with van der Waals surface area (Å²) in [5.74, 6) is 0.204. The van der Waals surface area contributed by atoms with Gasteiger partial charge < -0.3 is 15.5 Å². The molecule has 5 nitrogen and oxygen atoms in total. The Bertz CT molecular complexity index is 1090. The van der Waals surface area contributed by atoms with Gasteiger partial charge in [0.15, 0.2) is 0 Å². The van der Waals surface area contributed by atoms with Crippen molar-refractivity contribution >= 4 is 39.9 Å². The molecular weight excluding hydrogens is 427 g/mol. The molecule has 0 atom stereocenters. The molecule has 1 aromatic heterocycles. The summed E-state index contributed by atoms with van der Waals surface area (Å²) in [7, 11) is 4.08. The van der Waals surface area contributed by atoms with E-state index in [2.05, 4.69) is 27.7 Å². The summed E-state index contributed by atoms with van der Waals surface area (Å²) in [6.07, 6.45) is 3.95. The maximum atomic E-state index is 13.9. The number of rotatable bonds is 6. The maximum Gasteiger partial charge on any atom is 0.255 e. The summed E-state index contributed by atoms with van der Waals surface area (Å²) >= 11 is 5.99. The van der Waals surface area contributed by atoms with Gasteiger partial charge in [-0.1, -0.05) is 35.9 Å². The van der Waals surface area contributed by atoms with Crippen molar-refractivity contribution in [3.63, 3.8) is 0 Å². The van der Waals surface area contributed by atoms with Gasteiger partial charge in [0, 0.05) is 43.8 Å². The number of para-hydroxylation sites is 1. The molecule has 3 aromatic rings. The fraction of sp³-hybridized carbons (Fsp3) is 0.360. The SMILES string of the molecule is CN(C)c1cc(NC2CCC(CNC(=O)c3c(F)cccc3Cl)CC2)nc2ccccc12. The Morgan fingerprint density at radius 3 is 2.59 bits per heavy atom. The van der Waals surface area contributed by atoms with E-state index in [0.29, 0.717) is 18.5 Å². The molecule has 1 aliphatic rings. The Hall–Kier alpha value is -2.86. The smallest absolute Gasteiger partial charge is 0.255 e. The minimum absolute atomic E-state index is 0.0800. The number of nitrogens with zero attached hydrogens (tertiary/aromatic N) is 2. The first-order valence-electron chi connectivity index (χ1n) is 11.0. The topological polar surface area (TPSA) is 57.3 Å². The number of amides is 1. The van der Waals surface area contributed by atoms with Crippen molar-refractivity contribution in [3.05, 3.63) is 64.9 Å². The van der Waals surface area contributed by atoms with Crippen molar-refractivity contribution in [2.75, 3.05) is 30.9 Å². The molecule has 0 bridgehead atoms. The van der Waals surface area contributed by atoms with Gasteiger partial charge in [-0.3, -0.25) is 4.79 Å². The van der Waals surface area contributed by atoms with E-state index < -0.39 is 11.7 Å². The molecule has 0 aliphatic heterocycles. The minimum atomic E-state index is -0.595. The van der Waals surface area contributed by atoms with Gasteiger partial charge in [-0.25, -0.2) is 9.37 Å². The van der Waals surface area contributed by atoms with Gasteiger partial charge in [-0.15, -0.1) is 0 Å². The third kappa shape index (κ3) is 4.96. The lowest BCUT2D eigenvalue weighted by atomic mass is 9.86. The molecule has 1 amide bonds. The third-order valence-electron chi connectivity index (χ3n) is 6.12. The lowest BCUT2D eigenvalue weighted by molar-refractivity contribution is 0.0939. The zero-order valence-corrected chi connectivity index (χ0v) is 19.1. The van der Waals surface area contributed by atoms with Gasteiger partial charge in [0.1, 0.15) is 11.6 Å². The Morgan fingerprint density at radius 1 is 1.12 bits per heavy atom. The van der Waals surface area contributed by atoms with Crippen LogP contribution in [0.25, 0.3) is 10.9 Å². The van der Waals surface area contributed by atoms with Crippen LogP contribution in [-0.2, 0) is 0 Å². The van der Waals surface area contributed by atoms with Crippen molar-refractivity contribution in [1.29, 1.82) is 0 Å². The Labute approximate surface area is 193 Å². The average molecular weight is 455 g/mol. The van der Waals surface area contributed by atoms with E-state index in [0.717, 1.165) is 48.1 Å². The number of halogens is 2. The zero-order chi connectivity index (χ0) is 22.7. The van der Waals surface area contributed by atoms with Gasteiger partial charge in [0.05, 0.1) is 16.1 Å². The lowest BCUT2D eigenvalue weighted by Gasteiger charge is -2.30. The summed E-state index contributed by atoms with van der Waals surface area (Å²) in [6.45, 7) is 0.523. The van der Waals surface area contributed by atoms with Crippen molar-refractivity contribution in [3.8, 4) is 0 Å². The molecule has 4 rings (SSSR count). The predicted molar refractivity (Wildman–Crippen MR) is 129 cm³/mol. The molecule has 0 saturated heterocycles. The van der Waals surface area contributed by atoms with Crippen LogP contribution in [0.2, 0.25) is 5.02 Å². The lowest BCUT2D eigenvalue weighted by Crippen LogP contribution is -2.34. The molecule has 2 N–H and O–H groups in total. The van der Waals surface area contributed by atoms with E-state index >= 15 is 0 Å². The number of pyridine rings is 1. The van der Waals surface area contributed by atoms with Gasteiger partial charge in [0.25, 0.3) is 5.91 Å². The number of hydrogen-bond donors (Lipinski definition) is 2. The highest BCUT2D eigenvalue weighted by Gasteiger charge is 2.23. The summed E-state index contributed by atoms with van der Waals surface area (Å²) in [5, 5.41) is 7.73. The zero-order valence-electron chi connectivity index (χ0n) is 18.4. The van der Waals surface area contributed by atoms with E-state index in [1.807, 2.05) is 32.3 Å². The van der Waals surface area contributed by atoms with Crippen LogP contribution in [-0.4, -0.2) is 37.6 Å². The number of anilines is 2. The van der Waals surface area contributed by atoms with Crippen LogP contribution in [0.3, 0.4) is 0 Å². The van der Waals surface area contributed by atoms with Crippen LogP contribution < -0.4 is 15.5 Å². The molecule has 7 heteroatoms. The van der Waals surface area contributed by atoms with Gasteiger partial charge in [0.2, 0.25) is 0 Å². The van der Waals surface area contributed by atoms with Crippen molar-refractivity contribution in [2.45, 2.75) is 31.7 Å². The highest BCUT2D eigenvalue weighted by molar-refractivity contribution is 6.33. The summed E-state index contributed by atoms with van der Waals surface area (Å²) in [5.41, 5.74) is 2.04. The number of nitrogens with one attached hydrogen (secondary N) is 2. The van der Waals surface area contributed by atoms with E-state index in [1.165, 1.54) is 18.2 Å². The highest BCUT2D eigenvalue weighted by Crippen LogP contribution is 2.30. The first-order valence-corrected chi connectivity index (χ1v) is 11.4. The fourth-order valence-corrected chi connectivity index (χ4v) is 4.61. The third-order valence-corrected chi connectivity index (χ3v) is 6.43. The van der Waals surface area contributed by atoms with Crippen molar-refractivity contribution < 1.29 is 9.18 Å². The normalized spacial score (nSPS) is 18.4. The van der Waals surface area contributed by atoms with Crippen molar-refractivity contribution in [2.24, 2.45) is 5.92 Å². The second-order valence-corrected chi connectivity index (χ2v) is 9.01. The molecule has 1 fully saturated rings. The quantitative estimate of drug-likeness (QED) is 0.516. The fourth-order valence-electron chi connectivity index (χ4n) is 4.36. The number of carbonyl (C=O) groups is 1. The van der Waals surface area contributed by atoms with Crippen LogP contribution >= 0.6 is 11.6 Å². The summed E-state index contributed by atoms with van der Waals surface area (Å²) in [6, 6.07) is 14.9. The molecule has 0 radical (unpaired) electrons. The second-order valence-electron chi connectivity index (χ2n) is 8.61. The number of benzene rings is 2. The Balaban J connectivity index is 1.33. The largest absolute Gasteiger partial charge is 0.377 e. The van der Waals surface area contributed by atoms with Crippen LogP contribution in [0.1, 0.15) is 36.0 Å². The maximum absolute atomic E-state index is 13.9. The highest BCUT2D eigenvalue weighted by atomic mass is 35.5. The molecule has 1 saturated carbocycles. The molecule has 1 heterocycles. The molecule has 0 unspecified atom stereocenters. The molecule has 0 spiro atoms. The number of carbonyl (C=O) groups excluding carboxylic acids is 1. The van der Waals surface area contributed by atoms with Gasteiger partial charge in [-0.2, -0.15) is 0 Å². The summed E-state index contributed by atoms with van der Waals surface area (Å²) < 4.78 is 13.9. The van der Waals surface area contributed by atoms with Crippen molar-refractivity contribution in [1.82, 2.24) is 10.3 Å². The van der Waals surface area contributed by atoms with Crippen LogP contribution in [0.15, 0.2) is 48.5 Å². The predicted octanol–water partition coefficient (Wildman–Crippen LogP) is 5.49. The molecule has 1 aliphatic carbocycles. The Morgan fingerprint density at radius 2 is 1.88 bits per heavy atom. The first kappa shape index (κ1) is 22.3. The second kappa shape index (κ2) is 9.74. The van der Waals surface area contributed by atoms with E-state index in [1.54, 1.807) is 0 Å². The monoisotopic (exact) mass is 454 g/mol. The number of hydrogen-bond acceptors (Lipinski definition) is 4. The van der Waals surface area contributed by atoms with E-state index in [-0.39, 0.29) is 10.6 Å². The molecule has 168 valence electrons. The van der Waals surface area contributed by atoms with Crippen LogP contribution in [0, 0.1) is 11.7 Å². The number of fused-ring (bicyclic) bond motifs is 1. The average Bonchev–Trinajstić information content (AvgIpc) is 2.78. The minimum Gasteiger partial charge on any atom is -0.377 e. The van der Waals surface area contributed by atoms with E-state index in [4.69, 9.17) is 16.6 Å². The number of aromatic nitrogens is 1.